The quantitative estimate of drug-likeness (QED) is 0.859. The summed E-state index contributed by atoms with van der Waals surface area (Å²) in [5.41, 5.74) is 2.10. The normalized spacial score (nSPS) is 12.3. The third-order valence-electron chi connectivity index (χ3n) is 2.16. The van der Waals surface area contributed by atoms with Gasteiger partial charge in [0.2, 0.25) is 5.91 Å². The predicted octanol–water partition coefficient (Wildman–Crippen LogP) is 3.29. The van der Waals surface area contributed by atoms with Gasteiger partial charge in [0.25, 0.3) is 0 Å². The van der Waals surface area contributed by atoms with Gasteiger partial charge in [-0.1, -0.05) is 6.07 Å². The Bertz CT molecular complexity index is 368. The van der Waals surface area contributed by atoms with Crippen LogP contribution in [0.25, 0.3) is 0 Å². The summed E-state index contributed by atoms with van der Waals surface area (Å²) in [5.74, 6) is 0.0575. The molecule has 15 heavy (non-hydrogen) atoms. The molecule has 1 aromatic rings. The Morgan fingerprint density at radius 2 is 2.20 bits per heavy atom. The third kappa shape index (κ3) is 3.68. The monoisotopic (exact) mass is 335 g/mol. The van der Waals surface area contributed by atoms with Crippen molar-refractivity contribution in [2.75, 3.05) is 11.6 Å². The van der Waals surface area contributed by atoms with E-state index in [0.717, 1.165) is 5.69 Å². The van der Waals surface area contributed by atoms with E-state index in [9.17, 15) is 4.79 Å². The smallest absolute Gasteiger partial charge is 0.237 e. The van der Waals surface area contributed by atoms with Gasteiger partial charge in [-0.25, -0.2) is 0 Å². The van der Waals surface area contributed by atoms with Crippen molar-refractivity contribution in [3.63, 3.8) is 0 Å². The Kier molecular flexibility index (Phi) is 4.92. The van der Waals surface area contributed by atoms with Crippen LogP contribution in [0.5, 0.6) is 0 Å². The molecule has 0 aromatic heterocycles. The van der Waals surface area contributed by atoms with E-state index in [0.29, 0.717) is 0 Å². The van der Waals surface area contributed by atoms with E-state index in [2.05, 4.69) is 34.8 Å². The summed E-state index contributed by atoms with van der Waals surface area (Å²) >= 11 is 3.81. The molecule has 2 nitrogen and oxygen atoms in total. The lowest BCUT2D eigenvalue weighted by atomic mass is 10.2. The van der Waals surface area contributed by atoms with E-state index >= 15 is 0 Å². The van der Waals surface area contributed by atoms with Crippen molar-refractivity contribution >= 4 is 45.9 Å². The van der Waals surface area contributed by atoms with Gasteiger partial charge in [-0.15, -0.1) is 0 Å². The predicted molar refractivity (Wildman–Crippen MR) is 75.5 cm³/mol. The molecule has 1 N–H and O–H groups in total. The second-order valence-electron chi connectivity index (χ2n) is 3.33. The first-order chi connectivity index (χ1) is 7.04. The maximum absolute atomic E-state index is 11.6. The number of halogens is 1. The number of hydrogen-bond donors (Lipinski definition) is 1. The van der Waals surface area contributed by atoms with Crippen LogP contribution in [0.2, 0.25) is 0 Å². The summed E-state index contributed by atoms with van der Waals surface area (Å²) in [7, 11) is 0. The SMILES string of the molecule is CSC(C)C(=O)Nc1ccc(C)c(I)c1. The van der Waals surface area contributed by atoms with Crippen LogP contribution in [-0.2, 0) is 4.79 Å². The molecule has 1 atom stereocenters. The van der Waals surface area contributed by atoms with E-state index in [1.165, 1.54) is 9.13 Å². The minimum Gasteiger partial charge on any atom is -0.325 e. The molecule has 1 amide bonds. The number of carbonyl (C=O) groups is 1. The van der Waals surface area contributed by atoms with Crippen LogP contribution in [0, 0.1) is 10.5 Å². The van der Waals surface area contributed by atoms with Crippen molar-refractivity contribution in [1.82, 2.24) is 0 Å². The van der Waals surface area contributed by atoms with Crippen molar-refractivity contribution in [3.8, 4) is 0 Å². The summed E-state index contributed by atoms with van der Waals surface area (Å²) < 4.78 is 1.17. The molecular formula is C11H14INOS. The number of benzene rings is 1. The first kappa shape index (κ1) is 12.8. The largest absolute Gasteiger partial charge is 0.325 e. The Balaban J connectivity index is 2.73. The molecule has 1 unspecified atom stereocenters. The minimum atomic E-state index is -0.0102. The molecule has 0 saturated heterocycles. The molecule has 1 aromatic carbocycles. The van der Waals surface area contributed by atoms with E-state index in [4.69, 9.17) is 0 Å². The Morgan fingerprint density at radius 1 is 1.53 bits per heavy atom. The highest BCUT2D eigenvalue weighted by Crippen LogP contribution is 2.18. The molecule has 0 heterocycles. The van der Waals surface area contributed by atoms with Gasteiger partial charge in [0.05, 0.1) is 5.25 Å². The van der Waals surface area contributed by atoms with Gasteiger partial charge in [0, 0.05) is 9.26 Å². The number of aryl methyl sites for hydroxylation is 1. The van der Waals surface area contributed by atoms with Gasteiger partial charge >= 0.3 is 0 Å². The number of hydrogen-bond acceptors (Lipinski definition) is 2. The fourth-order valence-electron chi connectivity index (χ4n) is 1.02. The first-order valence-electron chi connectivity index (χ1n) is 4.64. The summed E-state index contributed by atoms with van der Waals surface area (Å²) in [4.78, 5) is 11.6. The fourth-order valence-corrected chi connectivity index (χ4v) is 1.81. The van der Waals surface area contributed by atoms with Crippen LogP contribution in [0.4, 0.5) is 5.69 Å². The number of carbonyl (C=O) groups excluding carboxylic acids is 1. The second-order valence-corrected chi connectivity index (χ2v) is 5.67. The van der Waals surface area contributed by atoms with Crippen LogP contribution in [0.1, 0.15) is 12.5 Å². The highest BCUT2D eigenvalue weighted by Gasteiger charge is 2.11. The number of amides is 1. The van der Waals surface area contributed by atoms with Crippen molar-refractivity contribution in [1.29, 1.82) is 0 Å². The van der Waals surface area contributed by atoms with Crippen molar-refractivity contribution in [2.24, 2.45) is 0 Å². The highest BCUT2D eigenvalue weighted by molar-refractivity contribution is 14.1. The van der Waals surface area contributed by atoms with Gasteiger partial charge in [0.1, 0.15) is 0 Å². The molecule has 0 fully saturated rings. The molecule has 0 bridgehead atoms. The van der Waals surface area contributed by atoms with Gasteiger partial charge in [-0.3, -0.25) is 4.79 Å². The standard InChI is InChI=1S/C11H14INOS/c1-7-4-5-9(6-10(7)12)13-11(14)8(2)15-3/h4-6,8H,1-3H3,(H,13,14). The molecule has 1 rings (SSSR count). The summed E-state index contributed by atoms with van der Waals surface area (Å²) in [5, 5.41) is 2.89. The van der Waals surface area contributed by atoms with Gasteiger partial charge in [0.15, 0.2) is 0 Å². The lowest BCUT2D eigenvalue weighted by molar-refractivity contribution is -0.115. The van der Waals surface area contributed by atoms with Crippen LogP contribution in [-0.4, -0.2) is 17.4 Å². The topological polar surface area (TPSA) is 29.1 Å². The minimum absolute atomic E-state index is 0.0102. The molecule has 4 heteroatoms. The molecule has 0 aliphatic heterocycles. The fraction of sp³-hybridized carbons (Fsp3) is 0.364. The maximum atomic E-state index is 11.6. The molecule has 0 aliphatic carbocycles. The zero-order valence-corrected chi connectivity index (χ0v) is 12.0. The summed E-state index contributed by atoms with van der Waals surface area (Å²) in [6.45, 7) is 3.96. The summed E-state index contributed by atoms with van der Waals surface area (Å²) in [6.07, 6.45) is 1.93. The third-order valence-corrected chi connectivity index (χ3v) is 4.25. The Hall–Kier alpha value is -0.230. The van der Waals surface area contributed by atoms with Gasteiger partial charge in [-0.05, 0) is 60.4 Å². The average Bonchev–Trinajstić information content (AvgIpc) is 2.22. The van der Waals surface area contributed by atoms with Crippen molar-refractivity contribution < 1.29 is 4.79 Å². The van der Waals surface area contributed by atoms with Gasteiger partial charge in [-0.2, -0.15) is 11.8 Å². The zero-order chi connectivity index (χ0) is 11.4. The van der Waals surface area contributed by atoms with Crippen LogP contribution in [0.15, 0.2) is 18.2 Å². The number of rotatable bonds is 3. The van der Waals surface area contributed by atoms with Crippen molar-refractivity contribution in [3.05, 3.63) is 27.3 Å². The second kappa shape index (κ2) is 5.75. The van der Waals surface area contributed by atoms with Crippen LogP contribution >= 0.6 is 34.4 Å². The number of anilines is 1. The Labute approximate surface area is 108 Å². The van der Waals surface area contributed by atoms with Crippen molar-refractivity contribution in [2.45, 2.75) is 19.1 Å². The first-order valence-corrected chi connectivity index (χ1v) is 7.01. The lowest BCUT2D eigenvalue weighted by Crippen LogP contribution is -2.22. The summed E-state index contributed by atoms with van der Waals surface area (Å²) in [6, 6.07) is 5.93. The molecular weight excluding hydrogens is 321 g/mol. The highest BCUT2D eigenvalue weighted by atomic mass is 127. The van der Waals surface area contributed by atoms with E-state index in [1.54, 1.807) is 11.8 Å². The van der Waals surface area contributed by atoms with Crippen LogP contribution in [0.3, 0.4) is 0 Å². The molecule has 0 saturated carbocycles. The Morgan fingerprint density at radius 3 is 2.73 bits per heavy atom. The average molecular weight is 335 g/mol. The lowest BCUT2D eigenvalue weighted by Gasteiger charge is -2.10. The van der Waals surface area contributed by atoms with E-state index in [-0.39, 0.29) is 11.2 Å². The number of nitrogens with one attached hydrogen (secondary N) is 1. The molecule has 0 radical (unpaired) electrons. The zero-order valence-electron chi connectivity index (χ0n) is 9.00. The maximum Gasteiger partial charge on any atom is 0.237 e. The van der Waals surface area contributed by atoms with E-state index < -0.39 is 0 Å². The number of thioether (sulfide) groups is 1. The molecule has 0 spiro atoms. The van der Waals surface area contributed by atoms with Gasteiger partial charge < -0.3 is 5.32 Å². The van der Waals surface area contributed by atoms with Crippen LogP contribution < -0.4 is 5.32 Å². The molecule has 0 aliphatic rings. The van der Waals surface area contributed by atoms with E-state index in [1.807, 2.05) is 31.4 Å². The molecule has 82 valence electrons.